The van der Waals surface area contributed by atoms with Crippen molar-refractivity contribution < 1.29 is 9.59 Å². The third-order valence-corrected chi connectivity index (χ3v) is 4.99. The Hall–Kier alpha value is -2.15. The van der Waals surface area contributed by atoms with Gasteiger partial charge in [0.25, 0.3) is 0 Å². The standard InChI is InChI=1S/C18H22N4O2S/c1-3-4-17(24)19-14-7-5-13(6-8-14)16(23)11-25-18-21-20-12(2)22(18)15-9-10-15/h5-8,15H,3-4,9-11H2,1-2H3,(H,19,24). The molecule has 1 fully saturated rings. The van der Waals surface area contributed by atoms with Gasteiger partial charge in [0.2, 0.25) is 5.91 Å². The molecule has 3 rings (SSSR count). The van der Waals surface area contributed by atoms with Gasteiger partial charge in [-0.25, -0.2) is 0 Å². The summed E-state index contributed by atoms with van der Waals surface area (Å²) in [4.78, 5) is 24.0. The van der Waals surface area contributed by atoms with E-state index in [2.05, 4.69) is 20.1 Å². The fourth-order valence-electron chi connectivity index (χ4n) is 2.60. The highest BCUT2D eigenvalue weighted by Crippen LogP contribution is 2.38. The van der Waals surface area contributed by atoms with E-state index in [0.29, 0.717) is 29.5 Å². The molecule has 0 bridgehead atoms. The highest BCUT2D eigenvalue weighted by molar-refractivity contribution is 7.99. The van der Waals surface area contributed by atoms with Gasteiger partial charge in [-0.15, -0.1) is 10.2 Å². The van der Waals surface area contributed by atoms with Crippen LogP contribution in [0.25, 0.3) is 0 Å². The van der Waals surface area contributed by atoms with Gasteiger partial charge in [0.05, 0.1) is 5.75 Å². The van der Waals surface area contributed by atoms with Crippen molar-refractivity contribution in [3.8, 4) is 0 Å². The minimum absolute atomic E-state index is 0.00749. The van der Waals surface area contributed by atoms with E-state index in [4.69, 9.17) is 0 Å². The van der Waals surface area contributed by atoms with Crippen molar-refractivity contribution in [3.63, 3.8) is 0 Å². The van der Waals surface area contributed by atoms with E-state index < -0.39 is 0 Å². The van der Waals surface area contributed by atoms with E-state index in [-0.39, 0.29) is 11.7 Å². The summed E-state index contributed by atoms with van der Waals surface area (Å²) in [6, 6.07) is 7.53. The Morgan fingerprint density at radius 3 is 2.60 bits per heavy atom. The highest BCUT2D eigenvalue weighted by Gasteiger charge is 2.28. The lowest BCUT2D eigenvalue weighted by atomic mass is 10.1. The Bertz CT molecular complexity index is 766. The Morgan fingerprint density at radius 1 is 1.24 bits per heavy atom. The van der Waals surface area contributed by atoms with Crippen molar-refractivity contribution in [3.05, 3.63) is 35.7 Å². The smallest absolute Gasteiger partial charge is 0.224 e. The van der Waals surface area contributed by atoms with Gasteiger partial charge in [0, 0.05) is 23.7 Å². The number of aromatic nitrogens is 3. The maximum atomic E-state index is 12.4. The number of carbonyl (C=O) groups is 2. The average molecular weight is 358 g/mol. The zero-order valence-electron chi connectivity index (χ0n) is 14.5. The molecule has 6 nitrogen and oxygen atoms in total. The number of hydrogen-bond acceptors (Lipinski definition) is 5. The summed E-state index contributed by atoms with van der Waals surface area (Å²) < 4.78 is 2.13. The number of amides is 1. The van der Waals surface area contributed by atoms with Crippen LogP contribution in [-0.4, -0.2) is 32.2 Å². The van der Waals surface area contributed by atoms with Crippen LogP contribution < -0.4 is 5.32 Å². The number of thioether (sulfide) groups is 1. The highest BCUT2D eigenvalue weighted by atomic mass is 32.2. The fraction of sp³-hybridized carbons (Fsp3) is 0.444. The quantitative estimate of drug-likeness (QED) is 0.576. The van der Waals surface area contributed by atoms with Crippen LogP contribution in [0.4, 0.5) is 5.69 Å². The molecule has 132 valence electrons. The number of benzene rings is 1. The number of ketones is 1. The van der Waals surface area contributed by atoms with E-state index in [0.717, 1.165) is 30.2 Å². The summed E-state index contributed by atoms with van der Waals surface area (Å²) in [5.74, 6) is 1.27. The van der Waals surface area contributed by atoms with E-state index in [1.807, 2.05) is 13.8 Å². The molecule has 0 spiro atoms. The van der Waals surface area contributed by atoms with Crippen LogP contribution in [-0.2, 0) is 4.79 Å². The molecule has 1 aliphatic carbocycles. The van der Waals surface area contributed by atoms with Crippen LogP contribution >= 0.6 is 11.8 Å². The molecule has 1 aromatic carbocycles. The minimum atomic E-state index is -0.00749. The first-order chi connectivity index (χ1) is 12.1. The molecular weight excluding hydrogens is 336 g/mol. The van der Waals surface area contributed by atoms with Crippen molar-refractivity contribution in [2.45, 2.75) is 50.7 Å². The number of nitrogens with zero attached hydrogens (tertiary/aromatic N) is 3. The molecule has 0 unspecified atom stereocenters. The van der Waals surface area contributed by atoms with Gasteiger partial charge >= 0.3 is 0 Å². The maximum absolute atomic E-state index is 12.4. The third-order valence-electron chi connectivity index (χ3n) is 4.05. The summed E-state index contributed by atoms with van der Waals surface area (Å²) >= 11 is 1.43. The van der Waals surface area contributed by atoms with Gasteiger partial charge in [-0.1, -0.05) is 18.7 Å². The first-order valence-electron chi connectivity index (χ1n) is 8.56. The van der Waals surface area contributed by atoms with E-state index in [9.17, 15) is 9.59 Å². The molecule has 1 saturated carbocycles. The number of rotatable bonds is 8. The molecular formula is C18H22N4O2S. The van der Waals surface area contributed by atoms with Crippen molar-refractivity contribution in [1.82, 2.24) is 14.8 Å². The number of anilines is 1. The van der Waals surface area contributed by atoms with Crippen LogP contribution in [0.5, 0.6) is 0 Å². The predicted octanol–water partition coefficient (Wildman–Crippen LogP) is 3.64. The topological polar surface area (TPSA) is 76.9 Å². The van der Waals surface area contributed by atoms with Crippen LogP contribution in [0.1, 0.15) is 54.8 Å². The average Bonchev–Trinajstić information content (AvgIpc) is 3.36. The molecule has 0 aliphatic heterocycles. The zero-order chi connectivity index (χ0) is 17.8. The lowest BCUT2D eigenvalue weighted by Gasteiger charge is -2.07. The number of nitrogens with one attached hydrogen (secondary N) is 1. The minimum Gasteiger partial charge on any atom is -0.326 e. The molecule has 25 heavy (non-hydrogen) atoms. The first-order valence-corrected chi connectivity index (χ1v) is 9.54. The maximum Gasteiger partial charge on any atom is 0.224 e. The second kappa shape index (κ2) is 7.82. The molecule has 0 radical (unpaired) electrons. The second-order valence-electron chi connectivity index (χ2n) is 6.22. The van der Waals surface area contributed by atoms with Crippen molar-refractivity contribution >= 4 is 29.1 Å². The molecule has 1 N–H and O–H groups in total. The van der Waals surface area contributed by atoms with Gasteiger partial charge in [-0.3, -0.25) is 9.59 Å². The van der Waals surface area contributed by atoms with E-state index in [1.54, 1.807) is 24.3 Å². The Balaban J connectivity index is 1.57. The summed E-state index contributed by atoms with van der Waals surface area (Å²) in [6.07, 6.45) is 3.63. The van der Waals surface area contributed by atoms with Gasteiger partial charge in [0.15, 0.2) is 10.9 Å². The summed E-state index contributed by atoms with van der Waals surface area (Å²) in [5, 5.41) is 11.9. The molecule has 2 aromatic rings. The Morgan fingerprint density at radius 2 is 1.96 bits per heavy atom. The molecule has 0 saturated heterocycles. The van der Waals surface area contributed by atoms with E-state index in [1.165, 1.54) is 11.8 Å². The lowest BCUT2D eigenvalue weighted by molar-refractivity contribution is -0.116. The number of carbonyl (C=O) groups excluding carboxylic acids is 2. The van der Waals surface area contributed by atoms with Crippen LogP contribution in [0.2, 0.25) is 0 Å². The molecule has 1 heterocycles. The Kier molecular flexibility index (Phi) is 5.53. The lowest BCUT2D eigenvalue weighted by Crippen LogP contribution is -2.11. The van der Waals surface area contributed by atoms with Crippen LogP contribution in [0.15, 0.2) is 29.4 Å². The molecule has 1 aromatic heterocycles. The van der Waals surface area contributed by atoms with Gasteiger partial charge < -0.3 is 9.88 Å². The van der Waals surface area contributed by atoms with Gasteiger partial charge in [0.1, 0.15) is 5.82 Å². The normalized spacial score (nSPS) is 13.7. The van der Waals surface area contributed by atoms with Gasteiger partial charge in [-0.05, 0) is 50.5 Å². The summed E-state index contributed by atoms with van der Waals surface area (Å²) in [6.45, 7) is 3.91. The summed E-state index contributed by atoms with van der Waals surface area (Å²) in [5.41, 5.74) is 1.35. The van der Waals surface area contributed by atoms with Crippen molar-refractivity contribution in [2.75, 3.05) is 11.1 Å². The Labute approximate surface area is 151 Å². The predicted molar refractivity (Wildman–Crippen MR) is 98.1 cm³/mol. The van der Waals surface area contributed by atoms with E-state index >= 15 is 0 Å². The zero-order valence-corrected chi connectivity index (χ0v) is 15.3. The van der Waals surface area contributed by atoms with Crippen molar-refractivity contribution in [1.29, 1.82) is 0 Å². The fourth-order valence-corrected chi connectivity index (χ4v) is 3.55. The van der Waals surface area contributed by atoms with Gasteiger partial charge in [-0.2, -0.15) is 0 Å². The molecule has 0 atom stereocenters. The second-order valence-corrected chi connectivity index (χ2v) is 7.16. The molecule has 1 aliphatic rings. The first kappa shape index (κ1) is 17.7. The van der Waals surface area contributed by atoms with Crippen molar-refractivity contribution in [2.24, 2.45) is 0 Å². The van der Waals surface area contributed by atoms with Crippen LogP contribution in [0.3, 0.4) is 0 Å². The van der Waals surface area contributed by atoms with Crippen LogP contribution in [0, 0.1) is 6.92 Å². The third kappa shape index (κ3) is 4.48. The molecule has 7 heteroatoms. The molecule has 1 amide bonds. The SMILES string of the molecule is CCCC(=O)Nc1ccc(C(=O)CSc2nnc(C)n2C2CC2)cc1. The number of aryl methyl sites for hydroxylation is 1. The largest absolute Gasteiger partial charge is 0.326 e. The monoisotopic (exact) mass is 358 g/mol. The summed E-state index contributed by atoms with van der Waals surface area (Å²) in [7, 11) is 0. The number of hydrogen-bond donors (Lipinski definition) is 1. The number of Topliss-reactive ketones (excluding diaryl/α,β-unsaturated/α-hetero) is 1.